The Labute approximate surface area is 285 Å². The Hall–Kier alpha value is -3.26. The first-order chi connectivity index (χ1) is 22.7. The summed E-state index contributed by atoms with van der Waals surface area (Å²) in [5, 5.41) is 0.565. The summed E-state index contributed by atoms with van der Waals surface area (Å²) in [7, 11) is 1.45. The Morgan fingerprint density at radius 1 is 1.00 bits per heavy atom. The Morgan fingerprint density at radius 3 is 2.55 bits per heavy atom. The molecule has 0 spiro atoms. The number of rotatable bonds is 13. The van der Waals surface area contributed by atoms with Crippen molar-refractivity contribution in [3.63, 3.8) is 0 Å². The smallest absolute Gasteiger partial charge is 0.310 e. The lowest BCUT2D eigenvalue weighted by Crippen LogP contribution is -2.55. The van der Waals surface area contributed by atoms with Crippen LogP contribution in [0.5, 0.6) is 17.2 Å². The maximum Gasteiger partial charge on any atom is 0.310 e. The van der Waals surface area contributed by atoms with Gasteiger partial charge < -0.3 is 18.9 Å². The summed E-state index contributed by atoms with van der Waals surface area (Å²) in [4.78, 5) is 16.8. The van der Waals surface area contributed by atoms with Crippen molar-refractivity contribution in [3.8, 4) is 28.4 Å². The maximum atomic E-state index is 12.0. The maximum absolute atomic E-state index is 12.0. The number of esters is 1. The first-order valence-electron chi connectivity index (χ1n) is 17.2. The van der Waals surface area contributed by atoms with Crippen molar-refractivity contribution in [3.05, 3.63) is 75.8 Å². The van der Waals surface area contributed by atoms with Gasteiger partial charge >= 0.3 is 5.97 Å². The SMILES string of the molecule is CCOc1cc(O[C@H]2CCc3c(-c4cccc(OCCCN5CCC5(C)C)c4C)cccc32)c(Cl)cc1CN1CC[C@H](C(=O)OC)C1. The lowest BCUT2D eigenvalue weighted by atomic mass is 9.89. The van der Waals surface area contributed by atoms with E-state index in [1.54, 1.807) is 0 Å². The molecule has 0 bridgehead atoms. The Morgan fingerprint density at radius 2 is 1.81 bits per heavy atom. The van der Waals surface area contributed by atoms with E-state index < -0.39 is 0 Å². The van der Waals surface area contributed by atoms with Crippen LogP contribution in [0.25, 0.3) is 11.1 Å². The van der Waals surface area contributed by atoms with Gasteiger partial charge in [0.05, 0.1) is 31.3 Å². The number of hydrogen-bond donors (Lipinski definition) is 0. The molecule has 2 atom stereocenters. The summed E-state index contributed by atoms with van der Waals surface area (Å²) in [6.07, 6.45) is 4.79. The average Bonchev–Trinajstić information content (AvgIpc) is 3.70. The van der Waals surface area contributed by atoms with Crippen LogP contribution in [0.2, 0.25) is 5.02 Å². The molecular weight excluding hydrogens is 612 g/mol. The van der Waals surface area contributed by atoms with Gasteiger partial charge in [0.1, 0.15) is 23.4 Å². The van der Waals surface area contributed by atoms with Crippen LogP contribution in [0.15, 0.2) is 48.5 Å². The molecule has 3 aromatic carbocycles. The van der Waals surface area contributed by atoms with Gasteiger partial charge in [0, 0.05) is 43.3 Å². The van der Waals surface area contributed by atoms with E-state index in [2.05, 4.69) is 67.0 Å². The largest absolute Gasteiger partial charge is 0.493 e. The highest BCUT2D eigenvalue weighted by Crippen LogP contribution is 2.44. The van der Waals surface area contributed by atoms with Gasteiger partial charge in [0.25, 0.3) is 0 Å². The first-order valence-corrected chi connectivity index (χ1v) is 17.6. The number of hydrogen-bond acceptors (Lipinski definition) is 7. The molecule has 0 radical (unpaired) electrons. The van der Waals surface area contributed by atoms with Crippen molar-refractivity contribution >= 4 is 17.6 Å². The van der Waals surface area contributed by atoms with Crippen molar-refractivity contribution in [2.45, 2.75) is 78.0 Å². The molecule has 3 aromatic rings. The molecular formula is C39H49ClN2O5. The minimum absolute atomic E-state index is 0.0902. The van der Waals surface area contributed by atoms with Crippen molar-refractivity contribution in [1.29, 1.82) is 0 Å². The lowest BCUT2D eigenvalue weighted by Gasteiger charge is -2.48. The molecule has 252 valence electrons. The Bertz CT molecular complexity index is 1590. The summed E-state index contributed by atoms with van der Waals surface area (Å²) in [5.41, 5.74) is 7.47. The molecule has 6 rings (SSSR count). The minimum atomic E-state index is -0.146. The van der Waals surface area contributed by atoms with Gasteiger partial charge in [-0.1, -0.05) is 41.9 Å². The second kappa shape index (κ2) is 14.5. The summed E-state index contributed by atoms with van der Waals surface area (Å²) in [6.45, 7) is 14.5. The van der Waals surface area contributed by atoms with Crippen molar-refractivity contribution < 1.29 is 23.7 Å². The molecule has 2 aliphatic heterocycles. The van der Waals surface area contributed by atoms with Crippen LogP contribution in [0.4, 0.5) is 0 Å². The van der Waals surface area contributed by atoms with Crippen LogP contribution < -0.4 is 14.2 Å². The van der Waals surface area contributed by atoms with Crippen LogP contribution in [0.3, 0.4) is 0 Å². The quantitative estimate of drug-likeness (QED) is 0.136. The summed E-state index contributed by atoms with van der Waals surface area (Å²) >= 11 is 6.86. The number of halogens is 1. The van der Waals surface area contributed by atoms with E-state index in [0.29, 0.717) is 36.0 Å². The monoisotopic (exact) mass is 660 g/mol. The highest BCUT2D eigenvalue weighted by molar-refractivity contribution is 6.32. The predicted octanol–water partition coefficient (Wildman–Crippen LogP) is 8.03. The van der Waals surface area contributed by atoms with Crippen molar-refractivity contribution in [2.75, 3.05) is 46.5 Å². The fraction of sp³-hybridized carbons (Fsp3) is 0.513. The number of carbonyl (C=O) groups is 1. The van der Waals surface area contributed by atoms with E-state index in [0.717, 1.165) is 62.4 Å². The molecule has 0 amide bonds. The number of benzene rings is 3. The zero-order valence-corrected chi connectivity index (χ0v) is 29.3. The second-order valence-electron chi connectivity index (χ2n) is 13.8. The van der Waals surface area contributed by atoms with E-state index in [9.17, 15) is 4.79 Å². The van der Waals surface area contributed by atoms with Gasteiger partial charge in [0.2, 0.25) is 0 Å². The summed E-state index contributed by atoms with van der Waals surface area (Å²) in [6, 6.07) is 16.8. The Balaban J connectivity index is 1.15. The van der Waals surface area contributed by atoms with E-state index in [4.69, 9.17) is 30.5 Å². The van der Waals surface area contributed by atoms with Crippen molar-refractivity contribution in [1.82, 2.24) is 9.80 Å². The number of ether oxygens (including phenoxy) is 4. The molecule has 2 saturated heterocycles. The topological polar surface area (TPSA) is 60.5 Å². The fourth-order valence-corrected chi connectivity index (χ4v) is 7.66. The summed E-state index contributed by atoms with van der Waals surface area (Å²) in [5.74, 6) is 2.12. The second-order valence-corrected chi connectivity index (χ2v) is 14.2. The molecule has 0 aromatic heterocycles. The average molecular weight is 661 g/mol. The molecule has 2 heterocycles. The molecule has 3 aliphatic rings. The number of fused-ring (bicyclic) bond motifs is 1. The standard InChI is InChI=1S/C39H49ClN2O5/c1-6-45-36-23-37(33(40)22-28(36)25-41-19-16-27(24-41)38(43)44-5)47-35-15-14-31-30(11-7-12-32(31)35)29-10-8-13-34(26(29)2)46-21-9-18-42-20-17-39(42,3)4/h7-8,10-13,22-23,27,35H,6,9,14-21,24-25H2,1-5H3/t27-,35-/m0/s1. The predicted molar refractivity (Wildman–Crippen MR) is 187 cm³/mol. The van der Waals surface area contributed by atoms with E-state index in [1.807, 2.05) is 19.1 Å². The van der Waals surface area contributed by atoms with Crippen LogP contribution in [-0.4, -0.2) is 67.8 Å². The zero-order chi connectivity index (χ0) is 33.1. The molecule has 8 heteroatoms. The Kier molecular flexibility index (Phi) is 10.4. The zero-order valence-electron chi connectivity index (χ0n) is 28.6. The van der Waals surface area contributed by atoms with Gasteiger partial charge in [-0.05, 0) is 106 Å². The third-order valence-electron chi connectivity index (χ3n) is 10.4. The van der Waals surface area contributed by atoms with Gasteiger partial charge in [-0.25, -0.2) is 0 Å². The highest BCUT2D eigenvalue weighted by Gasteiger charge is 2.35. The first kappa shape index (κ1) is 33.6. The number of methoxy groups -OCH3 is 1. The normalized spacial score (nSPS) is 20.5. The molecule has 0 unspecified atom stereocenters. The molecule has 0 saturated carbocycles. The van der Waals surface area contributed by atoms with Crippen LogP contribution in [0, 0.1) is 12.8 Å². The van der Waals surface area contributed by atoms with E-state index >= 15 is 0 Å². The van der Waals surface area contributed by atoms with Crippen molar-refractivity contribution in [2.24, 2.45) is 5.92 Å². The molecule has 7 nitrogen and oxygen atoms in total. The van der Waals surface area contributed by atoms with Gasteiger partial charge in [-0.3, -0.25) is 14.6 Å². The van der Waals surface area contributed by atoms with Gasteiger partial charge in [-0.15, -0.1) is 0 Å². The molecule has 47 heavy (non-hydrogen) atoms. The fourth-order valence-electron chi connectivity index (χ4n) is 7.43. The lowest BCUT2D eigenvalue weighted by molar-refractivity contribution is -0.144. The van der Waals surface area contributed by atoms with Gasteiger partial charge in [-0.2, -0.15) is 0 Å². The number of carbonyl (C=O) groups excluding carboxylic acids is 1. The molecule has 1 aliphatic carbocycles. The third-order valence-corrected chi connectivity index (χ3v) is 10.6. The highest BCUT2D eigenvalue weighted by atomic mass is 35.5. The minimum Gasteiger partial charge on any atom is -0.493 e. The van der Waals surface area contributed by atoms with E-state index in [1.165, 1.54) is 47.9 Å². The van der Waals surface area contributed by atoms with Crippen LogP contribution in [-0.2, 0) is 22.5 Å². The van der Waals surface area contributed by atoms with Crippen LogP contribution in [0.1, 0.15) is 74.8 Å². The molecule has 0 N–H and O–H groups in total. The van der Waals surface area contributed by atoms with Crippen LogP contribution >= 0.6 is 11.6 Å². The van der Waals surface area contributed by atoms with Gasteiger partial charge in [0.15, 0.2) is 0 Å². The van der Waals surface area contributed by atoms with E-state index in [-0.39, 0.29) is 18.0 Å². The molecule has 2 fully saturated rings. The number of likely N-dealkylation sites (tertiary alicyclic amines) is 2. The third kappa shape index (κ3) is 7.28. The number of nitrogens with zero attached hydrogens (tertiary/aromatic N) is 2. The summed E-state index contributed by atoms with van der Waals surface area (Å²) < 4.78 is 24.0.